The standard InChI is InChI=1S/C14H21N3OS/c1-8(15-2)12-7-19-14(16-12)17-13(18)11-6-9-3-4-10(11)5-9/h7-11,15H,3-6H2,1-2H3,(H,16,17,18). The van der Waals surface area contributed by atoms with Gasteiger partial charge in [0.2, 0.25) is 5.91 Å². The number of fused-ring (bicyclic) bond motifs is 2. The zero-order valence-electron chi connectivity index (χ0n) is 11.5. The molecule has 0 saturated heterocycles. The number of rotatable bonds is 4. The van der Waals surface area contributed by atoms with Crippen LogP contribution in [0.15, 0.2) is 5.38 Å². The summed E-state index contributed by atoms with van der Waals surface area (Å²) >= 11 is 1.52. The fraction of sp³-hybridized carbons (Fsp3) is 0.714. The van der Waals surface area contributed by atoms with Gasteiger partial charge in [-0.1, -0.05) is 6.42 Å². The fourth-order valence-electron chi connectivity index (χ4n) is 3.45. The molecule has 4 atom stereocenters. The number of carbonyl (C=O) groups excluding carboxylic acids is 1. The van der Waals surface area contributed by atoms with Crippen LogP contribution in [-0.4, -0.2) is 17.9 Å². The minimum atomic E-state index is 0.185. The third kappa shape index (κ3) is 2.54. The van der Waals surface area contributed by atoms with E-state index < -0.39 is 0 Å². The number of nitrogens with zero attached hydrogens (tertiary/aromatic N) is 1. The van der Waals surface area contributed by atoms with E-state index in [4.69, 9.17) is 0 Å². The van der Waals surface area contributed by atoms with Crippen molar-refractivity contribution in [2.75, 3.05) is 12.4 Å². The average Bonchev–Trinajstić information content (AvgIpc) is 3.13. The summed E-state index contributed by atoms with van der Waals surface area (Å²) in [5.41, 5.74) is 0.996. The first-order valence-corrected chi connectivity index (χ1v) is 7.99. The summed E-state index contributed by atoms with van der Waals surface area (Å²) in [5.74, 6) is 1.84. The van der Waals surface area contributed by atoms with E-state index in [9.17, 15) is 4.79 Å². The third-order valence-corrected chi connectivity index (χ3v) is 5.48. The zero-order valence-corrected chi connectivity index (χ0v) is 12.3. The van der Waals surface area contributed by atoms with Crippen LogP contribution in [0.5, 0.6) is 0 Å². The van der Waals surface area contributed by atoms with Gasteiger partial charge in [0.25, 0.3) is 0 Å². The van der Waals surface area contributed by atoms with Crippen LogP contribution in [0.4, 0.5) is 5.13 Å². The minimum absolute atomic E-state index is 0.185. The minimum Gasteiger partial charge on any atom is -0.312 e. The average molecular weight is 279 g/mol. The Hall–Kier alpha value is -0.940. The third-order valence-electron chi connectivity index (χ3n) is 4.70. The largest absolute Gasteiger partial charge is 0.312 e. The first-order chi connectivity index (χ1) is 9.17. The maximum absolute atomic E-state index is 12.3. The van der Waals surface area contributed by atoms with Crippen LogP contribution in [-0.2, 0) is 4.79 Å². The van der Waals surface area contributed by atoms with E-state index in [1.807, 2.05) is 12.4 Å². The van der Waals surface area contributed by atoms with Crippen LogP contribution in [0.1, 0.15) is 44.3 Å². The summed E-state index contributed by atoms with van der Waals surface area (Å²) in [6, 6.07) is 0.226. The Kier molecular flexibility index (Phi) is 3.58. The number of nitrogens with one attached hydrogen (secondary N) is 2. The molecule has 1 aromatic rings. The van der Waals surface area contributed by atoms with Crippen molar-refractivity contribution in [1.29, 1.82) is 0 Å². The molecule has 2 N–H and O–H groups in total. The molecule has 4 nitrogen and oxygen atoms in total. The molecule has 1 aromatic heterocycles. The second kappa shape index (κ2) is 5.21. The van der Waals surface area contributed by atoms with Gasteiger partial charge in [-0.3, -0.25) is 4.79 Å². The Labute approximate surface area is 118 Å². The zero-order chi connectivity index (χ0) is 13.4. The number of aromatic nitrogens is 1. The van der Waals surface area contributed by atoms with Crippen LogP contribution >= 0.6 is 11.3 Å². The maximum atomic E-state index is 12.3. The second-order valence-corrected chi connectivity index (χ2v) is 6.72. The lowest BCUT2D eigenvalue weighted by Crippen LogP contribution is -2.27. The highest BCUT2D eigenvalue weighted by atomic mass is 32.1. The van der Waals surface area contributed by atoms with Crippen LogP contribution < -0.4 is 10.6 Å². The second-order valence-electron chi connectivity index (χ2n) is 5.86. The first-order valence-electron chi connectivity index (χ1n) is 7.11. The Balaban J connectivity index is 1.62. The summed E-state index contributed by atoms with van der Waals surface area (Å²) < 4.78 is 0. The van der Waals surface area contributed by atoms with Crippen LogP contribution in [0.3, 0.4) is 0 Å². The molecule has 1 heterocycles. The lowest BCUT2D eigenvalue weighted by atomic mass is 9.88. The molecule has 4 unspecified atom stereocenters. The highest BCUT2D eigenvalue weighted by molar-refractivity contribution is 7.13. The van der Waals surface area contributed by atoms with Gasteiger partial charge in [0.15, 0.2) is 5.13 Å². The van der Waals surface area contributed by atoms with Gasteiger partial charge in [0.05, 0.1) is 5.69 Å². The van der Waals surface area contributed by atoms with E-state index in [2.05, 4.69) is 22.5 Å². The summed E-state index contributed by atoms with van der Waals surface area (Å²) in [6.07, 6.45) is 4.91. The topological polar surface area (TPSA) is 54.0 Å². The molecule has 2 aliphatic carbocycles. The Morgan fingerprint density at radius 3 is 2.95 bits per heavy atom. The molecule has 19 heavy (non-hydrogen) atoms. The lowest BCUT2D eigenvalue weighted by molar-refractivity contribution is -0.121. The molecule has 1 amide bonds. The number of hydrogen-bond donors (Lipinski definition) is 2. The number of carbonyl (C=O) groups is 1. The van der Waals surface area contributed by atoms with Gasteiger partial charge in [0, 0.05) is 17.3 Å². The molecule has 104 valence electrons. The molecule has 0 aromatic carbocycles. The van der Waals surface area contributed by atoms with Gasteiger partial charge >= 0.3 is 0 Å². The van der Waals surface area contributed by atoms with Crippen molar-refractivity contribution in [2.24, 2.45) is 17.8 Å². The van der Waals surface area contributed by atoms with Gasteiger partial charge in [-0.15, -0.1) is 11.3 Å². The molecule has 0 aliphatic heterocycles. The molecule has 0 spiro atoms. The van der Waals surface area contributed by atoms with Crippen molar-refractivity contribution >= 4 is 22.4 Å². The molecule has 2 saturated carbocycles. The van der Waals surface area contributed by atoms with Gasteiger partial charge in [0.1, 0.15) is 0 Å². The Bertz CT molecular complexity index is 473. The highest BCUT2D eigenvalue weighted by Crippen LogP contribution is 2.48. The normalized spacial score (nSPS) is 30.5. The summed E-state index contributed by atoms with van der Waals surface area (Å²) in [7, 11) is 1.91. The quantitative estimate of drug-likeness (QED) is 0.891. The summed E-state index contributed by atoms with van der Waals surface area (Å²) in [4.78, 5) is 16.8. The molecular formula is C14H21N3OS. The van der Waals surface area contributed by atoms with E-state index in [-0.39, 0.29) is 17.9 Å². The van der Waals surface area contributed by atoms with Crippen LogP contribution in [0.2, 0.25) is 0 Å². The van der Waals surface area contributed by atoms with Crippen LogP contribution in [0.25, 0.3) is 0 Å². The summed E-state index contributed by atoms with van der Waals surface area (Å²) in [5, 5.41) is 8.92. The molecule has 3 rings (SSSR count). The van der Waals surface area contributed by atoms with E-state index in [1.54, 1.807) is 0 Å². The van der Waals surface area contributed by atoms with Crippen molar-refractivity contribution in [3.63, 3.8) is 0 Å². The first kappa shape index (κ1) is 13.1. The molecule has 2 aliphatic rings. The number of anilines is 1. The van der Waals surface area contributed by atoms with Crippen molar-refractivity contribution in [2.45, 2.75) is 38.6 Å². The monoisotopic (exact) mass is 279 g/mol. The van der Waals surface area contributed by atoms with Gasteiger partial charge in [-0.2, -0.15) is 0 Å². The molecule has 0 radical (unpaired) electrons. The van der Waals surface area contributed by atoms with E-state index in [0.29, 0.717) is 5.92 Å². The lowest BCUT2D eigenvalue weighted by Gasteiger charge is -2.19. The Morgan fingerprint density at radius 1 is 1.47 bits per heavy atom. The van der Waals surface area contributed by atoms with Gasteiger partial charge in [-0.25, -0.2) is 4.98 Å². The molecular weight excluding hydrogens is 258 g/mol. The van der Waals surface area contributed by atoms with E-state index >= 15 is 0 Å². The Morgan fingerprint density at radius 2 is 2.32 bits per heavy atom. The molecule has 2 bridgehead atoms. The van der Waals surface area contributed by atoms with Crippen molar-refractivity contribution < 1.29 is 4.79 Å². The number of amides is 1. The van der Waals surface area contributed by atoms with Crippen molar-refractivity contribution in [3.05, 3.63) is 11.1 Å². The molecule has 5 heteroatoms. The maximum Gasteiger partial charge on any atom is 0.229 e. The molecule has 2 fully saturated rings. The van der Waals surface area contributed by atoms with E-state index in [0.717, 1.165) is 23.2 Å². The van der Waals surface area contributed by atoms with Gasteiger partial charge in [-0.05, 0) is 45.1 Å². The fourth-order valence-corrected chi connectivity index (χ4v) is 4.26. The number of thiazole rings is 1. The van der Waals surface area contributed by atoms with Crippen LogP contribution in [0, 0.1) is 17.8 Å². The van der Waals surface area contributed by atoms with Gasteiger partial charge < -0.3 is 10.6 Å². The van der Waals surface area contributed by atoms with Crippen molar-refractivity contribution in [3.8, 4) is 0 Å². The number of hydrogen-bond acceptors (Lipinski definition) is 4. The van der Waals surface area contributed by atoms with E-state index in [1.165, 1.54) is 30.6 Å². The predicted molar refractivity (Wildman–Crippen MR) is 77.2 cm³/mol. The smallest absolute Gasteiger partial charge is 0.229 e. The summed E-state index contributed by atoms with van der Waals surface area (Å²) in [6.45, 7) is 2.07. The SMILES string of the molecule is CNC(C)c1csc(NC(=O)C2CC3CCC2C3)n1. The van der Waals surface area contributed by atoms with Crippen molar-refractivity contribution in [1.82, 2.24) is 10.3 Å². The predicted octanol–water partition coefficient (Wildman–Crippen LogP) is 2.80. The highest BCUT2D eigenvalue weighted by Gasteiger charge is 2.43.